The average Bonchev–Trinajstić information content (AvgIpc) is 2.76. The number of benzene rings is 2. The fourth-order valence-electron chi connectivity index (χ4n) is 2.99. The van der Waals surface area contributed by atoms with E-state index in [4.69, 9.17) is 9.84 Å². The molecule has 0 aliphatic rings. The molecule has 0 aliphatic carbocycles. The number of amides is 2. The van der Waals surface area contributed by atoms with Crippen LogP contribution < -0.4 is 10.6 Å². The zero-order valence-electron chi connectivity index (χ0n) is 18.1. The van der Waals surface area contributed by atoms with Crippen LogP contribution in [0.3, 0.4) is 0 Å². The van der Waals surface area contributed by atoms with Crippen LogP contribution >= 0.6 is 0 Å². The van der Waals surface area contributed by atoms with Gasteiger partial charge in [-0.2, -0.15) is 0 Å². The van der Waals surface area contributed by atoms with Gasteiger partial charge in [0.25, 0.3) is 0 Å². The van der Waals surface area contributed by atoms with Gasteiger partial charge in [-0.1, -0.05) is 63.2 Å². The van der Waals surface area contributed by atoms with E-state index in [1.54, 1.807) is 31.2 Å². The third kappa shape index (κ3) is 7.86. The lowest BCUT2D eigenvalue weighted by Gasteiger charge is -2.22. The minimum absolute atomic E-state index is 0.0115. The van der Waals surface area contributed by atoms with E-state index in [0.717, 1.165) is 11.1 Å². The van der Waals surface area contributed by atoms with E-state index in [0.29, 0.717) is 5.69 Å². The van der Waals surface area contributed by atoms with Crippen molar-refractivity contribution < 1.29 is 24.2 Å². The highest BCUT2D eigenvalue weighted by Crippen LogP contribution is 2.15. The molecule has 2 atom stereocenters. The van der Waals surface area contributed by atoms with E-state index in [-0.39, 0.29) is 37.2 Å². The van der Waals surface area contributed by atoms with Crippen LogP contribution in [0.2, 0.25) is 0 Å². The number of carbonyl (C=O) groups excluding carboxylic acids is 3. The van der Waals surface area contributed by atoms with Crippen molar-refractivity contribution in [2.75, 3.05) is 5.32 Å². The third-order valence-electron chi connectivity index (χ3n) is 4.86. The van der Waals surface area contributed by atoms with E-state index in [1.807, 2.05) is 44.2 Å². The summed E-state index contributed by atoms with van der Waals surface area (Å²) in [6.45, 7) is 5.36. The molecular weight excluding hydrogens is 396 g/mol. The van der Waals surface area contributed by atoms with Gasteiger partial charge in [-0.3, -0.25) is 9.59 Å². The summed E-state index contributed by atoms with van der Waals surface area (Å²) in [7, 11) is 0. The summed E-state index contributed by atoms with van der Waals surface area (Å²) < 4.78 is 5.21. The topological polar surface area (TPSA) is 105 Å². The van der Waals surface area contributed by atoms with Gasteiger partial charge in [-0.25, -0.2) is 4.79 Å². The number of rotatable bonds is 10. The maximum atomic E-state index is 12.8. The van der Waals surface area contributed by atoms with Gasteiger partial charge in [-0.05, 0) is 29.2 Å². The largest absolute Gasteiger partial charge is 0.445 e. The Kier molecular flexibility index (Phi) is 9.21. The highest BCUT2D eigenvalue weighted by atomic mass is 16.5. The molecule has 0 bridgehead atoms. The molecule has 2 aromatic rings. The summed E-state index contributed by atoms with van der Waals surface area (Å²) in [4.78, 5) is 37.4. The van der Waals surface area contributed by atoms with Gasteiger partial charge in [0.15, 0.2) is 5.78 Å². The Balaban J connectivity index is 1.87. The number of anilines is 1. The fourth-order valence-corrected chi connectivity index (χ4v) is 2.99. The highest BCUT2D eigenvalue weighted by Gasteiger charge is 2.28. The summed E-state index contributed by atoms with van der Waals surface area (Å²) in [5.41, 5.74) is 2.18. The van der Waals surface area contributed by atoms with Gasteiger partial charge >= 0.3 is 6.09 Å². The number of ketones is 1. The molecule has 7 heteroatoms. The second-order valence-electron chi connectivity index (χ2n) is 7.84. The number of aliphatic hydroxyl groups is 1. The van der Waals surface area contributed by atoms with E-state index in [1.165, 1.54) is 0 Å². The number of hydrogen-bond acceptors (Lipinski definition) is 5. The van der Waals surface area contributed by atoms with Gasteiger partial charge in [0.2, 0.25) is 5.91 Å². The van der Waals surface area contributed by atoms with Crippen LogP contribution in [0.5, 0.6) is 0 Å². The maximum absolute atomic E-state index is 12.8. The Labute approximate surface area is 182 Å². The lowest BCUT2D eigenvalue weighted by Crippen LogP contribution is -2.45. The van der Waals surface area contributed by atoms with E-state index in [9.17, 15) is 14.4 Å². The molecule has 3 N–H and O–H groups in total. The second kappa shape index (κ2) is 11.9. The summed E-state index contributed by atoms with van der Waals surface area (Å²) in [5.74, 6) is -1.25. The highest BCUT2D eigenvalue weighted by molar-refractivity contribution is 5.96. The normalized spacial score (nSPS) is 12.7. The van der Waals surface area contributed by atoms with Crippen molar-refractivity contribution in [3.8, 4) is 0 Å². The minimum Gasteiger partial charge on any atom is -0.445 e. The molecule has 0 aromatic heterocycles. The minimum atomic E-state index is -0.748. The van der Waals surface area contributed by atoms with Crippen molar-refractivity contribution in [2.24, 2.45) is 11.8 Å². The average molecular weight is 427 g/mol. The molecule has 2 aromatic carbocycles. The number of alkyl carbamates (subject to hydrolysis) is 1. The molecule has 0 saturated carbocycles. The Hall–Kier alpha value is -3.19. The predicted molar refractivity (Wildman–Crippen MR) is 118 cm³/mol. The molecule has 0 aliphatic heterocycles. The van der Waals surface area contributed by atoms with Gasteiger partial charge in [-0.15, -0.1) is 0 Å². The van der Waals surface area contributed by atoms with E-state index in [2.05, 4.69) is 10.6 Å². The Morgan fingerprint density at radius 2 is 1.58 bits per heavy atom. The van der Waals surface area contributed by atoms with Gasteiger partial charge in [0, 0.05) is 18.0 Å². The number of nitrogens with one attached hydrogen (secondary N) is 2. The van der Waals surface area contributed by atoms with Crippen LogP contribution in [0.4, 0.5) is 10.5 Å². The quantitative estimate of drug-likeness (QED) is 0.538. The summed E-state index contributed by atoms with van der Waals surface area (Å²) in [6, 6.07) is 15.3. The van der Waals surface area contributed by atoms with Crippen LogP contribution in [0, 0.1) is 11.8 Å². The second-order valence-corrected chi connectivity index (χ2v) is 7.84. The molecule has 0 spiro atoms. The first-order chi connectivity index (χ1) is 14.8. The zero-order valence-corrected chi connectivity index (χ0v) is 18.1. The number of aliphatic hydroxyl groups excluding tert-OH is 1. The zero-order chi connectivity index (χ0) is 22.8. The van der Waals surface area contributed by atoms with E-state index < -0.39 is 18.1 Å². The molecule has 2 amide bonds. The molecule has 0 saturated heterocycles. The first-order valence-corrected chi connectivity index (χ1v) is 10.3. The molecule has 0 heterocycles. The van der Waals surface area contributed by atoms with Crippen LogP contribution in [0.1, 0.15) is 38.3 Å². The van der Waals surface area contributed by atoms with Crippen LogP contribution in [0.15, 0.2) is 54.6 Å². The Morgan fingerprint density at radius 1 is 0.935 bits per heavy atom. The number of ether oxygens (including phenoxy) is 1. The number of hydrogen-bond donors (Lipinski definition) is 3. The maximum Gasteiger partial charge on any atom is 0.408 e. The van der Waals surface area contributed by atoms with Crippen molar-refractivity contribution in [3.05, 3.63) is 65.7 Å². The molecular formula is C24H30N2O5. The first-order valence-electron chi connectivity index (χ1n) is 10.3. The standard InChI is InChI=1S/C24H30N2O5/c1-16(2)22(26-24(30)31-15-19-7-5-4-6-8-19)21(28)13-17(3)23(29)25-20-11-9-18(14-27)10-12-20/h4-12,16-17,22,27H,13-15H2,1-3H3,(H,25,29)(H,26,30)/t17-,22+/m0/s1. The molecule has 0 radical (unpaired) electrons. The van der Waals surface area contributed by atoms with Gasteiger partial charge in [0.1, 0.15) is 6.61 Å². The molecule has 2 rings (SSSR count). The van der Waals surface area contributed by atoms with Crippen LogP contribution in [-0.2, 0) is 27.5 Å². The molecule has 7 nitrogen and oxygen atoms in total. The molecule has 0 fully saturated rings. The van der Waals surface area contributed by atoms with Gasteiger partial charge < -0.3 is 20.5 Å². The molecule has 0 unspecified atom stereocenters. The van der Waals surface area contributed by atoms with Crippen LogP contribution in [0.25, 0.3) is 0 Å². The van der Waals surface area contributed by atoms with E-state index >= 15 is 0 Å². The Morgan fingerprint density at radius 3 is 2.16 bits per heavy atom. The third-order valence-corrected chi connectivity index (χ3v) is 4.86. The summed E-state index contributed by atoms with van der Waals surface area (Å²) in [6.07, 6.45) is -0.681. The van der Waals surface area contributed by atoms with Gasteiger partial charge in [0.05, 0.1) is 12.6 Å². The number of Topliss-reactive ketones (excluding diaryl/α,β-unsaturated/α-hetero) is 1. The monoisotopic (exact) mass is 426 g/mol. The smallest absolute Gasteiger partial charge is 0.408 e. The Bertz CT molecular complexity index is 865. The van der Waals surface area contributed by atoms with Crippen molar-refractivity contribution >= 4 is 23.5 Å². The van der Waals surface area contributed by atoms with Crippen molar-refractivity contribution in [1.82, 2.24) is 5.32 Å². The lowest BCUT2D eigenvalue weighted by atomic mass is 9.93. The van der Waals surface area contributed by atoms with Crippen molar-refractivity contribution in [1.29, 1.82) is 0 Å². The fraction of sp³-hybridized carbons (Fsp3) is 0.375. The molecule has 166 valence electrons. The van der Waals surface area contributed by atoms with Crippen molar-refractivity contribution in [2.45, 2.75) is 46.4 Å². The molecule has 31 heavy (non-hydrogen) atoms. The SMILES string of the molecule is CC(C)[C@@H](NC(=O)OCc1ccccc1)C(=O)C[C@H](C)C(=O)Nc1ccc(CO)cc1. The van der Waals surface area contributed by atoms with Crippen molar-refractivity contribution in [3.63, 3.8) is 0 Å². The lowest BCUT2D eigenvalue weighted by molar-refractivity contribution is -0.127. The van der Waals surface area contributed by atoms with Crippen LogP contribution in [-0.4, -0.2) is 28.9 Å². The summed E-state index contributed by atoms with van der Waals surface area (Å²) >= 11 is 0. The summed E-state index contributed by atoms with van der Waals surface area (Å²) in [5, 5.41) is 14.5. The number of carbonyl (C=O) groups is 3. The first kappa shape index (κ1) is 24.1. The predicted octanol–water partition coefficient (Wildman–Crippen LogP) is 3.66.